The third-order valence-corrected chi connectivity index (χ3v) is 3.87. The van der Waals surface area contributed by atoms with Crippen molar-refractivity contribution in [3.8, 4) is 0 Å². The molecule has 0 spiro atoms. The predicted molar refractivity (Wildman–Crippen MR) is 96.3 cm³/mol. The van der Waals surface area contributed by atoms with Crippen LogP contribution in [0, 0.1) is 0 Å². The van der Waals surface area contributed by atoms with Crippen LogP contribution in [0.3, 0.4) is 0 Å². The van der Waals surface area contributed by atoms with Crippen molar-refractivity contribution in [1.29, 1.82) is 0 Å². The molecule has 0 bridgehead atoms. The number of nitrogens with zero attached hydrogens (tertiary/aromatic N) is 2. The normalized spacial score (nSPS) is 11.7. The van der Waals surface area contributed by atoms with Crippen molar-refractivity contribution in [3.63, 3.8) is 0 Å². The van der Waals surface area contributed by atoms with Gasteiger partial charge in [0.1, 0.15) is 6.04 Å². The van der Waals surface area contributed by atoms with Crippen molar-refractivity contribution in [2.75, 3.05) is 0 Å². The summed E-state index contributed by atoms with van der Waals surface area (Å²) in [5.41, 5.74) is 3.03. The fourth-order valence-electron chi connectivity index (χ4n) is 2.52. The molecule has 126 valence electrons. The molecule has 0 fully saturated rings. The van der Waals surface area contributed by atoms with Crippen LogP contribution in [-0.2, 0) is 17.9 Å². The molecule has 0 aliphatic carbocycles. The number of carbonyl (C=O) groups is 1. The number of rotatable bonds is 7. The lowest BCUT2D eigenvalue weighted by atomic mass is 10.1. The molecule has 2 aromatic heterocycles. The predicted octanol–water partition coefficient (Wildman–Crippen LogP) is 2.62. The van der Waals surface area contributed by atoms with E-state index in [0.29, 0.717) is 13.1 Å². The minimum Gasteiger partial charge on any atom is -0.350 e. The highest BCUT2D eigenvalue weighted by molar-refractivity contribution is 5.83. The van der Waals surface area contributed by atoms with Crippen molar-refractivity contribution in [2.24, 2.45) is 0 Å². The molecule has 1 aromatic carbocycles. The molecule has 0 radical (unpaired) electrons. The Balaban J connectivity index is 1.68. The monoisotopic (exact) mass is 332 g/mol. The number of amides is 1. The Labute approximate surface area is 147 Å². The van der Waals surface area contributed by atoms with E-state index in [9.17, 15) is 4.79 Å². The van der Waals surface area contributed by atoms with Crippen molar-refractivity contribution in [3.05, 3.63) is 96.1 Å². The van der Waals surface area contributed by atoms with Crippen molar-refractivity contribution in [1.82, 2.24) is 20.6 Å². The van der Waals surface area contributed by atoms with Gasteiger partial charge in [-0.15, -0.1) is 0 Å². The van der Waals surface area contributed by atoms with Crippen LogP contribution < -0.4 is 10.6 Å². The van der Waals surface area contributed by atoms with E-state index in [1.165, 1.54) is 0 Å². The first kappa shape index (κ1) is 16.8. The van der Waals surface area contributed by atoms with Gasteiger partial charge < -0.3 is 5.32 Å². The zero-order valence-electron chi connectivity index (χ0n) is 13.8. The molecule has 25 heavy (non-hydrogen) atoms. The smallest absolute Gasteiger partial charge is 0.242 e. The standard InChI is InChI=1S/C20H20N4O/c25-20(24-15-17-8-12-22-13-9-17)19(18-4-2-1-3-5-18)23-14-16-6-10-21-11-7-16/h1-13,19,23H,14-15H2,(H,24,25)/t19-/m0/s1. The van der Waals surface area contributed by atoms with Gasteiger partial charge in [-0.2, -0.15) is 0 Å². The molecule has 2 heterocycles. The maximum Gasteiger partial charge on any atom is 0.242 e. The Morgan fingerprint density at radius 3 is 1.96 bits per heavy atom. The van der Waals surface area contributed by atoms with Crippen molar-refractivity contribution < 1.29 is 4.79 Å². The van der Waals surface area contributed by atoms with Gasteiger partial charge in [0.05, 0.1) is 0 Å². The zero-order valence-corrected chi connectivity index (χ0v) is 13.8. The minimum absolute atomic E-state index is 0.0583. The van der Waals surface area contributed by atoms with Crippen LogP contribution in [0.15, 0.2) is 79.4 Å². The van der Waals surface area contributed by atoms with E-state index in [-0.39, 0.29) is 5.91 Å². The lowest BCUT2D eigenvalue weighted by molar-refractivity contribution is -0.123. The van der Waals surface area contributed by atoms with Gasteiger partial charge >= 0.3 is 0 Å². The fraction of sp³-hybridized carbons (Fsp3) is 0.150. The molecule has 5 nitrogen and oxygen atoms in total. The average Bonchev–Trinajstić information content (AvgIpc) is 2.69. The van der Waals surface area contributed by atoms with Gasteiger partial charge in [0.15, 0.2) is 0 Å². The Hall–Kier alpha value is -3.05. The molecule has 5 heteroatoms. The molecule has 1 atom stereocenters. The number of nitrogens with one attached hydrogen (secondary N) is 2. The summed E-state index contributed by atoms with van der Waals surface area (Å²) in [6.45, 7) is 1.06. The van der Waals surface area contributed by atoms with E-state index < -0.39 is 6.04 Å². The Bertz CT molecular complexity index is 779. The lowest BCUT2D eigenvalue weighted by Crippen LogP contribution is -2.37. The van der Waals surface area contributed by atoms with Crippen LogP contribution in [0.4, 0.5) is 0 Å². The van der Waals surface area contributed by atoms with E-state index in [4.69, 9.17) is 0 Å². The number of benzene rings is 1. The molecular formula is C20H20N4O. The first-order valence-electron chi connectivity index (χ1n) is 8.17. The largest absolute Gasteiger partial charge is 0.350 e. The Morgan fingerprint density at radius 2 is 1.36 bits per heavy atom. The average molecular weight is 332 g/mol. The van der Waals surface area contributed by atoms with Crippen LogP contribution in [0.5, 0.6) is 0 Å². The number of hydrogen-bond acceptors (Lipinski definition) is 4. The van der Waals surface area contributed by atoms with E-state index in [0.717, 1.165) is 16.7 Å². The summed E-state index contributed by atoms with van der Waals surface area (Å²) in [6.07, 6.45) is 6.94. The molecule has 0 aliphatic heterocycles. The van der Waals surface area contributed by atoms with Crippen LogP contribution >= 0.6 is 0 Å². The van der Waals surface area contributed by atoms with Crippen LogP contribution in [0.1, 0.15) is 22.7 Å². The van der Waals surface area contributed by atoms with Crippen molar-refractivity contribution in [2.45, 2.75) is 19.1 Å². The maximum absolute atomic E-state index is 12.7. The number of hydrogen-bond donors (Lipinski definition) is 2. The second kappa shape index (κ2) is 8.70. The number of pyridine rings is 2. The maximum atomic E-state index is 12.7. The van der Waals surface area contributed by atoms with Gasteiger partial charge in [-0.25, -0.2) is 0 Å². The van der Waals surface area contributed by atoms with Gasteiger partial charge in [0.2, 0.25) is 5.91 Å². The Morgan fingerprint density at radius 1 is 0.800 bits per heavy atom. The number of aromatic nitrogens is 2. The van der Waals surface area contributed by atoms with E-state index >= 15 is 0 Å². The molecular weight excluding hydrogens is 312 g/mol. The van der Waals surface area contributed by atoms with Crippen LogP contribution in [-0.4, -0.2) is 15.9 Å². The highest BCUT2D eigenvalue weighted by atomic mass is 16.2. The highest BCUT2D eigenvalue weighted by Gasteiger charge is 2.19. The van der Waals surface area contributed by atoms with Crippen LogP contribution in [0.2, 0.25) is 0 Å². The summed E-state index contributed by atoms with van der Waals surface area (Å²) in [5.74, 6) is -0.0583. The lowest BCUT2D eigenvalue weighted by Gasteiger charge is -2.19. The molecule has 2 N–H and O–H groups in total. The van der Waals surface area contributed by atoms with Gasteiger partial charge in [0, 0.05) is 37.9 Å². The highest BCUT2D eigenvalue weighted by Crippen LogP contribution is 2.14. The molecule has 3 rings (SSSR count). The Kier molecular flexibility index (Phi) is 5.85. The summed E-state index contributed by atoms with van der Waals surface area (Å²) in [4.78, 5) is 20.7. The van der Waals surface area contributed by atoms with E-state index in [1.807, 2.05) is 54.6 Å². The zero-order chi connectivity index (χ0) is 17.3. The van der Waals surface area contributed by atoms with Gasteiger partial charge in [-0.05, 0) is 41.0 Å². The summed E-state index contributed by atoms with van der Waals surface area (Å²) in [5, 5.41) is 6.33. The topological polar surface area (TPSA) is 66.9 Å². The third kappa shape index (κ3) is 4.96. The molecule has 1 amide bonds. The fourth-order valence-corrected chi connectivity index (χ4v) is 2.52. The van der Waals surface area contributed by atoms with Gasteiger partial charge in [-0.3, -0.25) is 20.1 Å². The molecule has 0 unspecified atom stereocenters. The molecule has 0 saturated carbocycles. The summed E-state index contributed by atoms with van der Waals surface area (Å²) in [7, 11) is 0. The quantitative estimate of drug-likeness (QED) is 0.698. The molecule has 3 aromatic rings. The molecule has 0 saturated heterocycles. The summed E-state index contributed by atoms with van der Waals surface area (Å²) >= 11 is 0. The van der Waals surface area contributed by atoms with Gasteiger partial charge in [0.25, 0.3) is 0 Å². The second-order valence-corrected chi connectivity index (χ2v) is 5.65. The third-order valence-electron chi connectivity index (χ3n) is 3.87. The summed E-state index contributed by atoms with van der Waals surface area (Å²) < 4.78 is 0. The second-order valence-electron chi connectivity index (χ2n) is 5.65. The minimum atomic E-state index is -0.420. The van der Waals surface area contributed by atoms with Crippen LogP contribution in [0.25, 0.3) is 0 Å². The molecule has 0 aliphatic rings. The summed E-state index contributed by atoms with van der Waals surface area (Å²) in [6, 6.07) is 17.0. The van der Waals surface area contributed by atoms with Gasteiger partial charge in [-0.1, -0.05) is 30.3 Å². The SMILES string of the molecule is O=C(NCc1ccncc1)[C@@H](NCc1ccncc1)c1ccccc1. The first-order chi connectivity index (χ1) is 12.3. The van der Waals surface area contributed by atoms with Crippen molar-refractivity contribution >= 4 is 5.91 Å². The first-order valence-corrected chi connectivity index (χ1v) is 8.17. The van der Waals surface area contributed by atoms with E-state index in [2.05, 4.69) is 20.6 Å². The van der Waals surface area contributed by atoms with E-state index in [1.54, 1.807) is 24.8 Å². The number of carbonyl (C=O) groups excluding carboxylic acids is 1.